The number of ether oxygens (including phenoxy) is 1. The summed E-state index contributed by atoms with van der Waals surface area (Å²) in [5, 5.41) is 4.53. The molecule has 4 aliphatic rings. The van der Waals surface area contributed by atoms with E-state index in [1.165, 1.54) is 44.2 Å². The Kier molecular flexibility index (Phi) is 3.03. The number of aromatic nitrogens is 3. The van der Waals surface area contributed by atoms with Crippen LogP contribution in [-0.2, 0) is 10.2 Å². The van der Waals surface area contributed by atoms with Crippen LogP contribution in [-0.4, -0.2) is 27.2 Å². The third-order valence-corrected chi connectivity index (χ3v) is 6.48. The zero-order valence-electron chi connectivity index (χ0n) is 14.1. The van der Waals surface area contributed by atoms with E-state index >= 15 is 0 Å². The summed E-state index contributed by atoms with van der Waals surface area (Å²) in [6, 6.07) is 2.13. The molecule has 4 aliphatic carbocycles. The van der Waals surface area contributed by atoms with E-state index in [2.05, 4.69) is 16.1 Å². The molecular formula is C19H23N3O2. The predicted octanol–water partition coefficient (Wildman–Crippen LogP) is 3.37. The first-order chi connectivity index (χ1) is 11.7. The van der Waals surface area contributed by atoms with Gasteiger partial charge in [-0.25, -0.2) is 14.3 Å². The van der Waals surface area contributed by atoms with Gasteiger partial charge in [-0.15, -0.1) is 0 Å². The monoisotopic (exact) mass is 325 g/mol. The summed E-state index contributed by atoms with van der Waals surface area (Å²) >= 11 is 0. The lowest BCUT2D eigenvalue weighted by Crippen LogP contribution is -2.49. The standard InChI is InChI=1S/C19H23N3O2/c1-2-24-18(23)15-11-21-22-16(3-4-20-17(15)22)19-8-12-5-13(9-19)7-14(6-12)10-19/h3-4,11-14H,2,5-10H2,1H3. The Morgan fingerprint density at radius 1 is 1.25 bits per heavy atom. The largest absolute Gasteiger partial charge is 0.462 e. The van der Waals surface area contributed by atoms with Gasteiger partial charge in [0.1, 0.15) is 5.56 Å². The number of esters is 1. The Morgan fingerprint density at radius 3 is 2.54 bits per heavy atom. The van der Waals surface area contributed by atoms with Crippen LogP contribution in [0.4, 0.5) is 0 Å². The predicted molar refractivity (Wildman–Crippen MR) is 88.8 cm³/mol. The van der Waals surface area contributed by atoms with Crippen LogP contribution in [0.2, 0.25) is 0 Å². The quantitative estimate of drug-likeness (QED) is 0.812. The zero-order chi connectivity index (χ0) is 16.3. The molecule has 6 rings (SSSR count). The summed E-state index contributed by atoms with van der Waals surface area (Å²) in [6.45, 7) is 2.18. The van der Waals surface area contributed by atoms with Crippen molar-refractivity contribution in [2.45, 2.75) is 50.9 Å². The van der Waals surface area contributed by atoms with Crippen LogP contribution in [0, 0.1) is 17.8 Å². The molecule has 2 aromatic heterocycles. The minimum atomic E-state index is -0.331. The second-order valence-corrected chi connectivity index (χ2v) is 8.04. The van der Waals surface area contributed by atoms with Gasteiger partial charge >= 0.3 is 5.97 Å². The van der Waals surface area contributed by atoms with E-state index in [9.17, 15) is 4.79 Å². The minimum absolute atomic E-state index is 0.230. The van der Waals surface area contributed by atoms with Crippen molar-refractivity contribution >= 4 is 11.6 Å². The zero-order valence-corrected chi connectivity index (χ0v) is 14.1. The molecular weight excluding hydrogens is 302 g/mol. The van der Waals surface area contributed by atoms with Gasteiger partial charge in [0.05, 0.1) is 18.5 Å². The summed E-state index contributed by atoms with van der Waals surface area (Å²) in [7, 11) is 0. The molecule has 126 valence electrons. The van der Waals surface area contributed by atoms with Gasteiger partial charge in [0.2, 0.25) is 0 Å². The Morgan fingerprint density at radius 2 is 1.92 bits per heavy atom. The van der Waals surface area contributed by atoms with Crippen molar-refractivity contribution in [3.05, 3.63) is 29.7 Å². The van der Waals surface area contributed by atoms with Crippen molar-refractivity contribution in [3.63, 3.8) is 0 Å². The van der Waals surface area contributed by atoms with Gasteiger partial charge in [-0.2, -0.15) is 5.10 Å². The number of carbonyl (C=O) groups excluding carboxylic acids is 1. The first-order valence-corrected chi connectivity index (χ1v) is 9.19. The molecule has 2 heterocycles. The first kappa shape index (κ1) is 14.4. The van der Waals surface area contributed by atoms with Crippen molar-refractivity contribution < 1.29 is 9.53 Å². The van der Waals surface area contributed by atoms with Gasteiger partial charge in [0, 0.05) is 11.6 Å². The molecule has 0 saturated heterocycles. The van der Waals surface area contributed by atoms with Gasteiger partial charge in [-0.1, -0.05) is 0 Å². The Hall–Kier alpha value is -1.91. The Labute approximate surface area is 141 Å². The number of hydrogen-bond acceptors (Lipinski definition) is 4. The number of hydrogen-bond donors (Lipinski definition) is 0. The maximum atomic E-state index is 12.2. The highest BCUT2D eigenvalue weighted by atomic mass is 16.5. The third-order valence-electron chi connectivity index (χ3n) is 6.48. The normalized spacial score (nSPS) is 34.0. The van der Waals surface area contributed by atoms with Crippen molar-refractivity contribution in [3.8, 4) is 0 Å². The average Bonchev–Trinajstić information content (AvgIpc) is 2.97. The molecule has 4 saturated carbocycles. The fraction of sp³-hybridized carbons (Fsp3) is 0.632. The van der Waals surface area contributed by atoms with Crippen molar-refractivity contribution in [1.82, 2.24) is 14.6 Å². The number of rotatable bonds is 3. The molecule has 5 nitrogen and oxygen atoms in total. The maximum absolute atomic E-state index is 12.2. The summed E-state index contributed by atoms with van der Waals surface area (Å²) < 4.78 is 7.07. The topological polar surface area (TPSA) is 56.5 Å². The molecule has 0 amide bonds. The van der Waals surface area contributed by atoms with Crippen LogP contribution in [0.3, 0.4) is 0 Å². The fourth-order valence-electron chi connectivity index (χ4n) is 6.07. The second-order valence-electron chi connectivity index (χ2n) is 8.04. The van der Waals surface area contributed by atoms with E-state index in [-0.39, 0.29) is 11.4 Å². The molecule has 24 heavy (non-hydrogen) atoms. The summed E-state index contributed by atoms with van der Waals surface area (Å²) in [6.07, 6.45) is 11.5. The van der Waals surface area contributed by atoms with Crippen molar-refractivity contribution in [2.24, 2.45) is 17.8 Å². The fourth-order valence-corrected chi connectivity index (χ4v) is 6.07. The molecule has 0 spiro atoms. The molecule has 0 unspecified atom stereocenters. The van der Waals surface area contributed by atoms with Gasteiger partial charge < -0.3 is 4.74 Å². The average molecular weight is 325 g/mol. The molecule has 0 atom stereocenters. The SMILES string of the molecule is CCOC(=O)c1cnn2c(C34CC5CC(CC(C5)C3)C4)ccnc12. The third kappa shape index (κ3) is 1.96. The van der Waals surface area contributed by atoms with E-state index in [0.717, 1.165) is 17.8 Å². The van der Waals surface area contributed by atoms with E-state index in [0.29, 0.717) is 17.8 Å². The van der Waals surface area contributed by atoms with Crippen LogP contribution >= 0.6 is 0 Å². The lowest BCUT2D eigenvalue weighted by atomic mass is 9.49. The van der Waals surface area contributed by atoms with Gasteiger partial charge in [0.15, 0.2) is 5.65 Å². The summed E-state index contributed by atoms with van der Waals surface area (Å²) in [5.41, 5.74) is 2.60. The van der Waals surface area contributed by atoms with Gasteiger partial charge in [0.25, 0.3) is 0 Å². The molecule has 5 heteroatoms. The van der Waals surface area contributed by atoms with E-state index in [1.54, 1.807) is 6.20 Å². The molecule has 2 aromatic rings. The van der Waals surface area contributed by atoms with Crippen LogP contribution in [0.1, 0.15) is 61.5 Å². The number of fused-ring (bicyclic) bond motifs is 1. The molecule has 0 aromatic carbocycles. The number of nitrogens with zero attached hydrogens (tertiary/aromatic N) is 3. The van der Waals surface area contributed by atoms with E-state index in [4.69, 9.17) is 4.74 Å². The van der Waals surface area contributed by atoms with Crippen molar-refractivity contribution in [1.29, 1.82) is 0 Å². The smallest absolute Gasteiger partial charge is 0.343 e. The molecule has 0 aliphatic heterocycles. The Bertz CT molecular complexity index is 775. The molecule has 0 radical (unpaired) electrons. The highest BCUT2D eigenvalue weighted by Crippen LogP contribution is 2.60. The lowest BCUT2D eigenvalue weighted by Gasteiger charge is -2.56. The summed E-state index contributed by atoms with van der Waals surface area (Å²) in [4.78, 5) is 16.6. The molecule has 4 bridgehead atoms. The van der Waals surface area contributed by atoms with Crippen LogP contribution in [0.15, 0.2) is 18.5 Å². The van der Waals surface area contributed by atoms with Crippen LogP contribution in [0.25, 0.3) is 5.65 Å². The highest BCUT2D eigenvalue weighted by Gasteiger charge is 2.52. The lowest BCUT2D eigenvalue weighted by molar-refractivity contribution is -0.00820. The second kappa shape index (κ2) is 5.04. The molecule has 4 fully saturated rings. The van der Waals surface area contributed by atoms with Crippen LogP contribution < -0.4 is 0 Å². The van der Waals surface area contributed by atoms with E-state index < -0.39 is 0 Å². The van der Waals surface area contributed by atoms with Crippen LogP contribution in [0.5, 0.6) is 0 Å². The summed E-state index contributed by atoms with van der Waals surface area (Å²) in [5.74, 6) is 2.29. The van der Waals surface area contributed by atoms with E-state index in [1.807, 2.05) is 17.6 Å². The highest BCUT2D eigenvalue weighted by molar-refractivity contribution is 5.95. The first-order valence-electron chi connectivity index (χ1n) is 9.19. The van der Waals surface area contributed by atoms with Gasteiger partial charge in [-0.05, 0) is 69.3 Å². The molecule has 0 N–H and O–H groups in total. The number of carbonyl (C=O) groups is 1. The van der Waals surface area contributed by atoms with Crippen molar-refractivity contribution in [2.75, 3.05) is 6.61 Å². The minimum Gasteiger partial charge on any atom is -0.462 e. The van der Waals surface area contributed by atoms with Gasteiger partial charge in [-0.3, -0.25) is 0 Å². The Balaban J connectivity index is 1.62. The maximum Gasteiger partial charge on any atom is 0.343 e.